The average molecular weight is 444 g/mol. The highest BCUT2D eigenvalue weighted by molar-refractivity contribution is 8.19. The average Bonchev–Trinajstić information content (AvgIpc) is 2.64. The molecular formula is C17H43N5P2S2. The fourth-order valence-corrected chi connectivity index (χ4v) is 16.3. The molecule has 0 radical (unpaired) electrons. The van der Waals surface area contributed by atoms with Gasteiger partial charge in [-0.05, 0) is 23.6 Å². The molecule has 0 heterocycles. The van der Waals surface area contributed by atoms with E-state index < -0.39 is 13.0 Å². The minimum Gasteiger partial charge on any atom is -0.252 e. The maximum atomic E-state index is 6.54. The van der Waals surface area contributed by atoms with Crippen molar-refractivity contribution >= 4 is 36.6 Å². The monoisotopic (exact) mass is 443 g/mol. The molecule has 0 aromatic rings. The van der Waals surface area contributed by atoms with Crippen molar-refractivity contribution in [2.75, 3.05) is 59.4 Å². The van der Waals surface area contributed by atoms with Crippen LogP contribution >= 0.6 is 13.0 Å². The van der Waals surface area contributed by atoms with Gasteiger partial charge in [0.15, 0.2) is 13.0 Å². The summed E-state index contributed by atoms with van der Waals surface area (Å²) >= 11 is 13.1. The van der Waals surface area contributed by atoms with Gasteiger partial charge in [-0.15, -0.1) is 0 Å². The van der Waals surface area contributed by atoms with Gasteiger partial charge in [-0.1, -0.05) is 55.4 Å². The highest BCUT2D eigenvalue weighted by Crippen LogP contribution is 2.71. The van der Waals surface area contributed by atoms with Gasteiger partial charge in [-0.3, -0.25) is 18.7 Å². The minimum absolute atomic E-state index is 0.959. The predicted molar refractivity (Wildman–Crippen MR) is 128 cm³/mol. The number of rotatable bonds is 14. The Kier molecular flexibility index (Phi) is 13.2. The maximum absolute atomic E-state index is 6.54. The molecule has 0 unspecified atom stereocenters. The van der Waals surface area contributed by atoms with E-state index in [0.29, 0.717) is 0 Å². The standard InChI is InChI=1S/C17H43N5P2S2/c1-10-19(11-2)23(25,20(12-3)13-4)18(9)24(26,21(14-5)15-6)22(16-7)17-8/h10-17H2,1-9H3. The van der Waals surface area contributed by atoms with Gasteiger partial charge in [-0.2, -0.15) is 0 Å². The molecule has 0 spiro atoms. The largest absolute Gasteiger partial charge is 0.252 e. The maximum Gasteiger partial charge on any atom is 0.151 e. The van der Waals surface area contributed by atoms with E-state index >= 15 is 0 Å². The lowest BCUT2D eigenvalue weighted by Crippen LogP contribution is -2.44. The second-order valence-electron chi connectivity index (χ2n) is 6.07. The third-order valence-corrected chi connectivity index (χ3v) is 18.3. The molecule has 5 nitrogen and oxygen atoms in total. The molecule has 0 rings (SSSR count). The molecular weight excluding hydrogens is 400 g/mol. The SMILES string of the molecule is CCN(CC)P(=S)(N(CC)CC)N(C)P(=S)(N(CC)CC)N(CC)CC. The van der Waals surface area contributed by atoms with E-state index in [0.717, 1.165) is 52.4 Å². The molecule has 0 fully saturated rings. The Labute approximate surface area is 174 Å². The van der Waals surface area contributed by atoms with Crippen molar-refractivity contribution < 1.29 is 0 Å². The summed E-state index contributed by atoms with van der Waals surface area (Å²) in [4.78, 5) is 0. The minimum atomic E-state index is -2.12. The van der Waals surface area contributed by atoms with Gasteiger partial charge in [0.1, 0.15) is 0 Å². The highest BCUT2D eigenvalue weighted by atomic mass is 32.5. The second-order valence-corrected chi connectivity index (χ2v) is 14.8. The van der Waals surface area contributed by atoms with Crippen molar-refractivity contribution in [2.24, 2.45) is 0 Å². The molecule has 0 atom stereocenters. The Bertz CT molecular complexity index is 402. The summed E-state index contributed by atoms with van der Waals surface area (Å²) in [6, 6.07) is 0. The van der Waals surface area contributed by atoms with Crippen LogP contribution in [0.2, 0.25) is 0 Å². The Morgan fingerprint density at radius 1 is 0.462 bits per heavy atom. The normalized spacial score (nSPS) is 13.8. The third kappa shape index (κ3) is 5.17. The van der Waals surface area contributed by atoms with Crippen LogP contribution in [0.25, 0.3) is 0 Å². The first-order valence-electron chi connectivity index (χ1n) is 10.2. The second kappa shape index (κ2) is 12.6. The lowest BCUT2D eigenvalue weighted by molar-refractivity contribution is 0.365. The van der Waals surface area contributed by atoms with Crippen molar-refractivity contribution in [1.29, 1.82) is 0 Å². The smallest absolute Gasteiger partial charge is 0.151 e. The van der Waals surface area contributed by atoms with Crippen LogP contribution in [0.15, 0.2) is 0 Å². The van der Waals surface area contributed by atoms with Gasteiger partial charge < -0.3 is 0 Å². The van der Waals surface area contributed by atoms with Crippen LogP contribution in [-0.4, -0.2) is 82.5 Å². The molecule has 0 aromatic heterocycles. The lowest BCUT2D eigenvalue weighted by atomic mass is 10.7. The van der Waals surface area contributed by atoms with E-state index in [-0.39, 0.29) is 0 Å². The predicted octanol–water partition coefficient (Wildman–Crippen LogP) is 4.73. The molecule has 0 N–H and O–H groups in total. The highest BCUT2D eigenvalue weighted by Gasteiger charge is 2.45. The Morgan fingerprint density at radius 3 is 0.731 bits per heavy atom. The van der Waals surface area contributed by atoms with Gasteiger partial charge in [0.2, 0.25) is 0 Å². The van der Waals surface area contributed by atoms with Crippen LogP contribution < -0.4 is 0 Å². The van der Waals surface area contributed by atoms with Crippen molar-refractivity contribution in [3.05, 3.63) is 0 Å². The van der Waals surface area contributed by atoms with Crippen LogP contribution in [0.1, 0.15) is 55.4 Å². The molecule has 0 bridgehead atoms. The Hall–Kier alpha value is 1.10. The van der Waals surface area contributed by atoms with E-state index in [9.17, 15) is 0 Å². The van der Waals surface area contributed by atoms with Crippen LogP contribution in [0, 0.1) is 0 Å². The molecule has 158 valence electrons. The molecule has 0 saturated heterocycles. The molecule has 26 heavy (non-hydrogen) atoms. The fraction of sp³-hybridized carbons (Fsp3) is 1.00. The zero-order valence-electron chi connectivity index (χ0n) is 18.6. The zero-order chi connectivity index (χ0) is 20.5. The molecule has 0 amide bonds. The quantitative estimate of drug-likeness (QED) is 0.356. The van der Waals surface area contributed by atoms with Gasteiger partial charge >= 0.3 is 0 Å². The summed E-state index contributed by atoms with van der Waals surface area (Å²) in [5.41, 5.74) is 0. The molecule has 0 saturated carbocycles. The number of hydrogen-bond acceptors (Lipinski definition) is 2. The van der Waals surface area contributed by atoms with Crippen LogP contribution in [0.5, 0.6) is 0 Å². The van der Waals surface area contributed by atoms with Gasteiger partial charge in [-0.25, -0.2) is 4.44 Å². The zero-order valence-corrected chi connectivity index (χ0v) is 22.0. The summed E-state index contributed by atoms with van der Waals surface area (Å²) in [6.07, 6.45) is 0. The van der Waals surface area contributed by atoms with Crippen LogP contribution in [-0.2, 0) is 23.6 Å². The number of nitrogens with zero attached hydrogens (tertiary/aromatic N) is 5. The van der Waals surface area contributed by atoms with Crippen LogP contribution in [0.3, 0.4) is 0 Å². The van der Waals surface area contributed by atoms with E-state index in [1.807, 2.05) is 0 Å². The first-order chi connectivity index (χ1) is 12.2. The third-order valence-electron chi connectivity index (χ3n) is 5.15. The fourth-order valence-electron chi connectivity index (χ4n) is 3.61. The first-order valence-corrected chi connectivity index (χ1v) is 15.5. The molecule has 0 aliphatic heterocycles. The summed E-state index contributed by atoms with van der Waals surface area (Å²) in [7, 11) is 2.22. The van der Waals surface area contributed by atoms with Crippen molar-refractivity contribution in [1.82, 2.24) is 23.1 Å². The first kappa shape index (κ1) is 27.1. The lowest BCUT2D eigenvalue weighted by Gasteiger charge is -2.54. The summed E-state index contributed by atoms with van der Waals surface area (Å²) in [5, 5.41) is 0. The summed E-state index contributed by atoms with van der Waals surface area (Å²) in [5.74, 6) is 0. The molecule has 0 aliphatic carbocycles. The topological polar surface area (TPSA) is 16.2 Å². The molecule has 0 aromatic carbocycles. The van der Waals surface area contributed by atoms with E-state index in [2.05, 4.69) is 85.6 Å². The van der Waals surface area contributed by atoms with E-state index in [4.69, 9.17) is 23.6 Å². The van der Waals surface area contributed by atoms with E-state index in [1.54, 1.807) is 0 Å². The molecule has 0 aliphatic rings. The summed E-state index contributed by atoms with van der Waals surface area (Å²) in [6.45, 7) is 21.2. The van der Waals surface area contributed by atoms with Gasteiger partial charge in [0.05, 0.1) is 0 Å². The van der Waals surface area contributed by atoms with Crippen LogP contribution in [0.4, 0.5) is 0 Å². The number of hydrogen-bond donors (Lipinski definition) is 0. The summed E-state index contributed by atoms with van der Waals surface area (Å²) < 4.78 is 12.4. The van der Waals surface area contributed by atoms with Gasteiger partial charge in [0, 0.05) is 59.4 Å². The van der Waals surface area contributed by atoms with Gasteiger partial charge in [0.25, 0.3) is 0 Å². The van der Waals surface area contributed by atoms with Crippen molar-refractivity contribution in [3.8, 4) is 0 Å². The van der Waals surface area contributed by atoms with Crippen molar-refractivity contribution in [3.63, 3.8) is 0 Å². The Morgan fingerprint density at radius 2 is 0.615 bits per heavy atom. The molecule has 9 heteroatoms. The van der Waals surface area contributed by atoms with Crippen molar-refractivity contribution in [2.45, 2.75) is 55.4 Å². The Balaban J connectivity index is 6.59. The van der Waals surface area contributed by atoms with E-state index in [1.165, 1.54) is 0 Å².